The SMILES string of the molecule is CC(N)CCC(=O)NC(C)c1ccc2c(c1)CCC(=O)N2. The number of benzene rings is 1. The minimum absolute atomic E-state index is 0.0193. The lowest BCUT2D eigenvalue weighted by Crippen LogP contribution is -2.28. The molecule has 0 saturated heterocycles. The van der Waals surface area contributed by atoms with E-state index in [2.05, 4.69) is 16.7 Å². The Hall–Kier alpha value is -1.88. The fourth-order valence-electron chi connectivity index (χ4n) is 2.43. The smallest absolute Gasteiger partial charge is 0.224 e. The van der Waals surface area contributed by atoms with E-state index in [0.717, 1.165) is 23.2 Å². The molecule has 1 aromatic rings. The van der Waals surface area contributed by atoms with Crippen molar-refractivity contribution in [1.82, 2.24) is 5.32 Å². The maximum atomic E-state index is 11.8. The molecule has 1 aliphatic heterocycles. The number of aryl methyl sites for hydroxylation is 1. The second-order valence-corrected chi connectivity index (χ2v) is 5.77. The molecule has 0 spiro atoms. The van der Waals surface area contributed by atoms with Crippen molar-refractivity contribution in [2.75, 3.05) is 5.32 Å². The topological polar surface area (TPSA) is 84.2 Å². The molecule has 5 nitrogen and oxygen atoms in total. The molecule has 1 aliphatic rings. The first-order chi connectivity index (χ1) is 9.95. The number of amides is 2. The Labute approximate surface area is 125 Å². The Morgan fingerprint density at radius 1 is 1.38 bits per heavy atom. The van der Waals surface area contributed by atoms with Crippen molar-refractivity contribution in [3.63, 3.8) is 0 Å². The third-order valence-electron chi connectivity index (χ3n) is 3.73. The third-order valence-corrected chi connectivity index (χ3v) is 3.73. The molecule has 2 rings (SSSR count). The van der Waals surface area contributed by atoms with Crippen LogP contribution in [0.4, 0.5) is 5.69 Å². The number of nitrogens with two attached hydrogens (primary N) is 1. The summed E-state index contributed by atoms with van der Waals surface area (Å²) in [6, 6.07) is 5.91. The van der Waals surface area contributed by atoms with Gasteiger partial charge >= 0.3 is 0 Å². The quantitative estimate of drug-likeness (QED) is 0.773. The fourth-order valence-corrected chi connectivity index (χ4v) is 2.43. The van der Waals surface area contributed by atoms with Crippen LogP contribution in [-0.4, -0.2) is 17.9 Å². The van der Waals surface area contributed by atoms with Crippen LogP contribution in [0.5, 0.6) is 0 Å². The summed E-state index contributed by atoms with van der Waals surface area (Å²) in [4.78, 5) is 23.2. The molecule has 0 bridgehead atoms. The number of nitrogens with one attached hydrogen (secondary N) is 2. The molecule has 1 heterocycles. The molecular weight excluding hydrogens is 266 g/mol. The summed E-state index contributed by atoms with van der Waals surface area (Å²) in [5, 5.41) is 5.84. The van der Waals surface area contributed by atoms with Crippen LogP contribution >= 0.6 is 0 Å². The van der Waals surface area contributed by atoms with E-state index in [9.17, 15) is 9.59 Å². The van der Waals surface area contributed by atoms with Crippen LogP contribution in [0.3, 0.4) is 0 Å². The molecule has 2 unspecified atom stereocenters. The number of hydrogen-bond donors (Lipinski definition) is 3. The van der Waals surface area contributed by atoms with Gasteiger partial charge < -0.3 is 16.4 Å². The van der Waals surface area contributed by atoms with E-state index in [1.54, 1.807) is 0 Å². The number of fused-ring (bicyclic) bond motifs is 1. The standard InChI is InChI=1S/C16H23N3O2/c1-10(17)3-7-15(20)18-11(2)12-4-6-14-13(9-12)5-8-16(21)19-14/h4,6,9-11H,3,5,7-8,17H2,1-2H3,(H,18,20)(H,19,21). The number of carbonyl (C=O) groups is 2. The van der Waals surface area contributed by atoms with Crippen LogP contribution in [0.2, 0.25) is 0 Å². The lowest BCUT2D eigenvalue weighted by atomic mass is 9.97. The van der Waals surface area contributed by atoms with E-state index in [1.165, 1.54) is 0 Å². The highest BCUT2D eigenvalue weighted by atomic mass is 16.2. The normalized spacial score (nSPS) is 16.6. The van der Waals surface area contributed by atoms with Crippen molar-refractivity contribution < 1.29 is 9.59 Å². The highest BCUT2D eigenvalue weighted by molar-refractivity contribution is 5.93. The van der Waals surface area contributed by atoms with E-state index in [-0.39, 0.29) is 23.9 Å². The molecular formula is C16H23N3O2. The average molecular weight is 289 g/mol. The van der Waals surface area contributed by atoms with Gasteiger partial charge in [-0.05, 0) is 43.9 Å². The van der Waals surface area contributed by atoms with E-state index in [1.807, 2.05) is 26.0 Å². The molecule has 1 aromatic carbocycles. The highest BCUT2D eigenvalue weighted by Crippen LogP contribution is 2.26. The fraction of sp³-hybridized carbons (Fsp3) is 0.500. The lowest BCUT2D eigenvalue weighted by Gasteiger charge is -2.20. The van der Waals surface area contributed by atoms with Gasteiger partial charge in [0.15, 0.2) is 0 Å². The second kappa shape index (κ2) is 6.72. The maximum absolute atomic E-state index is 11.8. The minimum atomic E-state index is -0.0477. The van der Waals surface area contributed by atoms with Crippen molar-refractivity contribution in [3.05, 3.63) is 29.3 Å². The summed E-state index contributed by atoms with van der Waals surface area (Å²) in [7, 11) is 0. The zero-order valence-electron chi connectivity index (χ0n) is 12.6. The van der Waals surface area contributed by atoms with Crippen LogP contribution in [0, 0.1) is 0 Å². The van der Waals surface area contributed by atoms with Crippen LogP contribution < -0.4 is 16.4 Å². The average Bonchev–Trinajstić information content (AvgIpc) is 2.44. The molecule has 5 heteroatoms. The van der Waals surface area contributed by atoms with Gasteiger partial charge in [0.05, 0.1) is 6.04 Å². The van der Waals surface area contributed by atoms with Crippen molar-refractivity contribution in [1.29, 1.82) is 0 Å². The molecule has 114 valence electrons. The number of hydrogen-bond acceptors (Lipinski definition) is 3. The maximum Gasteiger partial charge on any atom is 0.224 e. The Bertz CT molecular complexity index is 540. The molecule has 0 radical (unpaired) electrons. The first kappa shape index (κ1) is 15.5. The van der Waals surface area contributed by atoms with Gasteiger partial charge in [0, 0.05) is 24.6 Å². The van der Waals surface area contributed by atoms with Crippen molar-refractivity contribution in [2.45, 2.75) is 51.6 Å². The van der Waals surface area contributed by atoms with Crippen LogP contribution in [0.1, 0.15) is 50.3 Å². The molecule has 0 aromatic heterocycles. The molecule has 0 saturated carbocycles. The number of rotatable bonds is 5. The van der Waals surface area contributed by atoms with Crippen LogP contribution in [0.15, 0.2) is 18.2 Å². The van der Waals surface area contributed by atoms with Crippen LogP contribution in [0.25, 0.3) is 0 Å². The zero-order chi connectivity index (χ0) is 15.4. The Morgan fingerprint density at radius 3 is 2.86 bits per heavy atom. The van der Waals surface area contributed by atoms with E-state index < -0.39 is 0 Å². The Kier molecular flexibility index (Phi) is 4.96. The first-order valence-corrected chi connectivity index (χ1v) is 7.43. The number of carbonyl (C=O) groups excluding carboxylic acids is 2. The molecule has 4 N–H and O–H groups in total. The van der Waals surface area contributed by atoms with Gasteiger partial charge in [-0.1, -0.05) is 12.1 Å². The predicted molar refractivity (Wildman–Crippen MR) is 82.8 cm³/mol. The second-order valence-electron chi connectivity index (χ2n) is 5.77. The summed E-state index contributed by atoms with van der Waals surface area (Å²) in [5.74, 6) is 0.0818. The molecule has 0 aliphatic carbocycles. The zero-order valence-corrected chi connectivity index (χ0v) is 12.6. The van der Waals surface area contributed by atoms with Crippen LogP contribution in [-0.2, 0) is 16.0 Å². The van der Waals surface area contributed by atoms with Gasteiger partial charge in [-0.15, -0.1) is 0 Å². The summed E-state index contributed by atoms with van der Waals surface area (Å²) in [5.41, 5.74) is 8.72. The lowest BCUT2D eigenvalue weighted by molar-refractivity contribution is -0.122. The molecule has 0 fully saturated rings. The molecule has 21 heavy (non-hydrogen) atoms. The highest BCUT2D eigenvalue weighted by Gasteiger charge is 2.17. The van der Waals surface area contributed by atoms with Crippen molar-refractivity contribution in [2.24, 2.45) is 5.73 Å². The number of anilines is 1. The summed E-state index contributed by atoms with van der Waals surface area (Å²) in [6.07, 6.45) is 2.41. The van der Waals surface area contributed by atoms with Crippen molar-refractivity contribution in [3.8, 4) is 0 Å². The Morgan fingerprint density at radius 2 is 2.14 bits per heavy atom. The largest absolute Gasteiger partial charge is 0.350 e. The summed E-state index contributed by atoms with van der Waals surface area (Å²) < 4.78 is 0. The molecule has 2 amide bonds. The van der Waals surface area contributed by atoms with Crippen molar-refractivity contribution >= 4 is 17.5 Å². The van der Waals surface area contributed by atoms with E-state index in [0.29, 0.717) is 19.3 Å². The van der Waals surface area contributed by atoms with Gasteiger partial charge in [-0.25, -0.2) is 0 Å². The summed E-state index contributed by atoms with van der Waals surface area (Å²) >= 11 is 0. The van der Waals surface area contributed by atoms with Gasteiger partial charge in [0.25, 0.3) is 0 Å². The van der Waals surface area contributed by atoms with Gasteiger partial charge in [0.1, 0.15) is 0 Å². The monoisotopic (exact) mass is 289 g/mol. The Balaban J connectivity index is 1.98. The molecule has 2 atom stereocenters. The minimum Gasteiger partial charge on any atom is -0.350 e. The first-order valence-electron chi connectivity index (χ1n) is 7.43. The van der Waals surface area contributed by atoms with E-state index in [4.69, 9.17) is 5.73 Å². The predicted octanol–water partition coefficient (Wildman–Crippen LogP) is 1.88. The van der Waals surface area contributed by atoms with Gasteiger partial charge in [-0.2, -0.15) is 0 Å². The van der Waals surface area contributed by atoms with Gasteiger partial charge in [-0.3, -0.25) is 9.59 Å². The van der Waals surface area contributed by atoms with E-state index >= 15 is 0 Å². The summed E-state index contributed by atoms with van der Waals surface area (Å²) in [6.45, 7) is 3.86. The third kappa shape index (κ3) is 4.29. The van der Waals surface area contributed by atoms with Gasteiger partial charge in [0.2, 0.25) is 11.8 Å².